The minimum Gasteiger partial charge on any atom is -0.464 e. The molecule has 0 saturated carbocycles. The molecule has 0 aliphatic rings. The number of carbonyl (C=O) groups is 4. The summed E-state index contributed by atoms with van der Waals surface area (Å²) in [4.78, 5) is 57.7. The fourth-order valence-electron chi connectivity index (χ4n) is 8.78. The van der Waals surface area contributed by atoms with E-state index in [1.54, 1.807) is 23.9 Å². The number of rotatable bonds is 47. The summed E-state index contributed by atoms with van der Waals surface area (Å²) in [5.74, 6) is -0.433. The average Bonchev–Trinajstić information content (AvgIpc) is 3.27. The Labute approximate surface area is 396 Å². The summed E-state index contributed by atoms with van der Waals surface area (Å²) in [7, 11) is 7.73. The van der Waals surface area contributed by atoms with Gasteiger partial charge in [-0.05, 0) is 85.0 Å². The Morgan fingerprint density at radius 1 is 0.406 bits per heavy atom. The molecular weight excluding hydrogens is 801 g/mol. The van der Waals surface area contributed by atoms with Crippen LogP contribution in [0.1, 0.15) is 240 Å². The van der Waals surface area contributed by atoms with Gasteiger partial charge in [-0.2, -0.15) is 0 Å². The third-order valence-electron chi connectivity index (χ3n) is 12.9. The van der Waals surface area contributed by atoms with Gasteiger partial charge in [-0.1, -0.05) is 182 Å². The van der Waals surface area contributed by atoms with Gasteiger partial charge in [-0.3, -0.25) is 19.2 Å². The van der Waals surface area contributed by atoms with Crippen LogP contribution in [0, 0.1) is 11.8 Å². The van der Waals surface area contributed by atoms with Crippen LogP contribution in [0.25, 0.3) is 0 Å². The van der Waals surface area contributed by atoms with E-state index in [0.29, 0.717) is 19.3 Å². The van der Waals surface area contributed by atoms with Gasteiger partial charge in [0.1, 0.15) is 13.1 Å². The average molecular weight is 907 g/mol. The molecule has 2 atom stereocenters. The second-order valence-corrected chi connectivity index (χ2v) is 19.5. The van der Waals surface area contributed by atoms with Crippen LogP contribution < -0.4 is 5.32 Å². The molecule has 0 aliphatic heterocycles. The van der Waals surface area contributed by atoms with E-state index < -0.39 is 0 Å². The summed E-state index contributed by atoms with van der Waals surface area (Å²) in [5.41, 5.74) is 0. The number of likely N-dealkylation sites (N-methyl/N-ethyl adjacent to an activating group) is 2. The standard InChI is InChI=1S/C54H106N4O6/c1-9-13-17-21-23-29-38-48(36-27-19-15-11-3)53(61)57(7)46-51(59)63-44-33-25-31-40-50(55-42-35-43-56(5)6)41-32-26-34-45-64-52(60)47-58(8)54(62)49(37-28-20-16-12-4)39-30-24-22-18-14-10-2/h48-50,55H,9-47H2,1-8H3. The van der Waals surface area contributed by atoms with Crippen molar-refractivity contribution in [1.82, 2.24) is 20.0 Å². The highest BCUT2D eigenvalue weighted by atomic mass is 16.5. The van der Waals surface area contributed by atoms with Gasteiger partial charge in [-0.15, -0.1) is 0 Å². The molecule has 64 heavy (non-hydrogen) atoms. The SMILES string of the molecule is CCCCCCCCC(CCCCCC)C(=O)N(C)CC(=O)OCCCCCC(CCCCCOC(=O)CN(C)C(=O)C(CCCCCC)CCCCCCCC)NCCCN(C)C. The van der Waals surface area contributed by atoms with E-state index in [-0.39, 0.29) is 48.7 Å². The Kier molecular flexibility index (Phi) is 43.1. The monoisotopic (exact) mass is 907 g/mol. The number of esters is 2. The summed E-state index contributed by atoms with van der Waals surface area (Å²) < 4.78 is 11.2. The number of nitrogens with one attached hydrogen (secondary N) is 1. The van der Waals surface area contributed by atoms with Crippen molar-refractivity contribution in [3.63, 3.8) is 0 Å². The lowest BCUT2D eigenvalue weighted by Crippen LogP contribution is -2.37. The van der Waals surface area contributed by atoms with Crippen molar-refractivity contribution in [1.29, 1.82) is 0 Å². The third kappa shape index (κ3) is 37.0. The Hall–Kier alpha value is -2.20. The van der Waals surface area contributed by atoms with E-state index in [1.165, 1.54) is 89.9 Å². The lowest BCUT2D eigenvalue weighted by Gasteiger charge is -2.23. The molecule has 0 radical (unpaired) electrons. The minimum absolute atomic E-state index is 0.000328. The molecule has 10 nitrogen and oxygen atoms in total. The lowest BCUT2D eigenvalue weighted by molar-refractivity contribution is -0.150. The normalized spacial score (nSPS) is 12.9. The topological polar surface area (TPSA) is 108 Å². The molecule has 0 aromatic heterocycles. The summed E-state index contributed by atoms with van der Waals surface area (Å²) in [5, 5.41) is 3.79. The molecule has 2 unspecified atom stereocenters. The zero-order valence-electron chi connectivity index (χ0n) is 43.6. The van der Waals surface area contributed by atoms with E-state index >= 15 is 0 Å². The van der Waals surface area contributed by atoms with Crippen LogP contribution in [-0.4, -0.2) is 112 Å². The lowest BCUT2D eigenvalue weighted by atomic mass is 9.93. The molecule has 0 saturated heterocycles. The first-order valence-corrected chi connectivity index (χ1v) is 27.2. The number of carbonyl (C=O) groups excluding carboxylic acids is 4. The van der Waals surface area contributed by atoms with Crippen molar-refractivity contribution in [2.24, 2.45) is 11.8 Å². The molecular formula is C54H106N4O6. The smallest absolute Gasteiger partial charge is 0.325 e. The first kappa shape index (κ1) is 61.8. The Morgan fingerprint density at radius 2 is 0.719 bits per heavy atom. The Balaban J connectivity index is 4.69. The van der Waals surface area contributed by atoms with Crippen molar-refractivity contribution in [3.8, 4) is 0 Å². The van der Waals surface area contributed by atoms with Gasteiger partial charge in [0.05, 0.1) is 13.2 Å². The van der Waals surface area contributed by atoms with Crippen molar-refractivity contribution in [2.75, 3.05) is 67.6 Å². The molecule has 0 bridgehead atoms. The van der Waals surface area contributed by atoms with Crippen molar-refractivity contribution < 1.29 is 28.7 Å². The number of hydrogen-bond donors (Lipinski definition) is 1. The molecule has 2 amide bonds. The number of nitrogens with zero attached hydrogens (tertiary/aromatic N) is 3. The predicted molar refractivity (Wildman–Crippen MR) is 270 cm³/mol. The van der Waals surface area contributed by atoms with Crippen LogP contribution in [0.4, 0.5) is 0 Å². The zero-order valence-corrected chi connectivity index (χ0v) is 43.6. The first-order valence-electron chi connectivity index (χ1n) is 27.2. The van der Waals surface area contributed by atoms with Crippen LogP contribution in [0.3, 0.4) is 0 Å². The van der Waals surface area contributed by atoms with E-state index in [0.717, 1.165) is 135 Å². The Morgan fingerprint density at radius 3 is 1.08 bits per heavy atom. The van der Waals surface area contributed by atoms with Crippen molar-refractivity contribution in [3.05, 3.63) is 0 Å². The van der Waals surface area contributed by atoms with Crippen LogP contribution >= 0.6 is 0 Å². The van der Waals surface area contributed by atoms with Gasteiger partial charge in [-0.25, -0.2) is 0 Å². The van der Waals surface area contributed by atoms with E-state index in [1.807, 2.05) is 0 Å². The fraction of sp³-hybridized carbons (Fsp3) is 0.926. The summed E-state index contributed by atoms with van der Waals surface area (Å²) in [6.07, 6.45) is 36.5. The Bertz CT molecular complexity index is 1030. The summed E-state index contributed by atoms with van der Waals surface area (Å²) in [6.45, 7) is 11.7. The molecule has 1 N–H and O–H groups in total. The van der Waals surface area contributed by atoms with Crippen molar-refractivity contribution in [2.45, 2.75) is 246 Å². The quantitative estimate of drug-likeness (QED) is 0.0475. The van der Waals surface area contributed by atoms with Gasteiger partial charge in [0.15, 0.2) is 0 Å². The first-order chi connectivity index (χ1) is 31.0. The molecule has 10 heteroatoms. The molecule has 0 fully saturated rings. The molecule has 0 rings (SSSR count). The maximum atomic E-state index is 13.4. The van der Waals surface area contributed by atoms with E-state index in [2.05, 4.69) is 52.0 Å². The van der Waals surface area contributed by atoms with Gasteiger partial charge >= 0.3 is 11.9 Å². The molecule has 0 aromatic carbocycles. The molecule has 0 aliphatic carbocycles. The van der Waals surface area contributed by atoms with E-state index in [9.17, 15) is 19.2 Å². The van der Waals surface area contributed by atoms with Crippen LogP contribution in [0.15, 0.2) is 0 Å². The largest absolute Gasteiger partial charge is 0.464 e. The third-order valence-corrected chi connectivity index (χ3v) is 12.9. The number of amides is 2. The number of hydrogen-bond acceptors (Lipinski definition) is 8. The summed E-state index contributed by atoms with van der Waals surface area (Å²) >= 11 is 0. The van der Waals surface area contributed by atoms with Gasteiger partial charge in [0.25, 0.3) is 0 Å². The van der Waals surface area contributed by atoms with Crippen LogP contribution in [0.5, 0.6) is 0 Å². The number of unbranched alkanes of at least 4 members (excludes halogenated alkanes) is 20. The summed E-state index contributed by atoms with van der Waals surface area (Å²) in [6, 6.07) is 0.420. The highest BCUT2D eigenvalue weighted by Crippen LogP contribution is 2.23. The van der Waals surface area contributed by atoms with Crippen LogP contribution in [0.2, 0.25) is 0 Å². The minimum atomic E-state index is -0.313. The molecule has 0 spiro atoms. The predicted octanol–water partition coefficient (Wildman–Crippen LogP) is 12.7. The fourth-order valence-corrected chi connectivity index (χ4v) is 8.78. The second kappa shape index (κ2) is 44.6. The maximum Gasteiger partial charge on any atom is 0.325 e. The highest BCUT2D eigenvalue weighted by molar-refractivity contribution is 5.84. The molecule has 378 valence electrons. The number of ether oxygens (including phenoxy) is 2. The van der Waals surface area contributed by atoms with Crippen molar-refractivity contribution >= 4 is 23.8 Å². The van der Waals surface area contributed by atoms with Crippen LogP contribution in [-0.2, 0) is 28.7 Å². The maximum absolute atomic E-state index is 13.4. The highest BCUT2D eigenvalue weighted by Gasteiger charge is 2.25. The molecule has 0 heterocycles. The zero-order chi connectivity index (χ0) is 47.5. The van der Waals surface area contributed by atoms with Gasteiger partial charge in [0.2, 0.25) is 11.8 Å². The van der Waals surface area contributed by atoms with E-state index in [4.69, 9.17) is 9.47 Å². The van der Waals surface area contributed by atoms with Gasteiger partial charge < -0.3 is 29.5 Å². The molecule has 0 aromatic rings. The second-order valence-electron chi connectivity index (χ2n) is 19.5. The van der Waals surface area contributed by atoms with Gasteiger partial charge in [0, 0.05) is 32.0 Å².